The molecule has 0 spiro atoms. The fraction of sp³-hybridized carbons (Fsp3) is 0.474. The highest BCUT2D eigenvalue weighted by Crippen LogP contribution is 2.19. The lowest BCUT2D eigenvalue weighted by Gasteiger charge is -2.25. The zero-order chi connectivity index (χ0) is 19.1. The fourth-order valence-corrected chi connectivity index (χ4v) is 2.82. The van der Waals surface area contributed by atoms with Crippen LogP contribution in [-0.4, -0.2) is 46.4 Å². The van der Waals surface area contributed by atoms with Crippen LogP contribution in [0.15, 0.2) is 29.1 Å². The molecule has 6 nitrogen and oxygen atoms in total. The summed E-state index contributed by atoms with van der Waals surface area (Å²) >= 11 is 5.42. The van der Waals surface area contributed by atoms with E-state index in [2.05, 4.69) is 24.1 Å². The number of hydrogen-bond acceptors (Lipinski definition) is 4. The number of nitrogens with zero attached hydrogens (tertiary/aromatic N) is 1. The molecule has 1 aromatic heterocycles. The Hall–Kier alpha value is -2.12. The van der Waals surface area contributed by atoms with Gasteiger partial charge in [-0.2, -0.15) is 0 Å². The van der Waals surface area contributed by atoms with Crippen LogP contribution in [0.3, 0.4) is 0 Å². The smallest absolute Gasteiger partial charge is 0.253 e. The summed E-state index contributed by atoms with van der Waals surface area (Å²) in [5.41, 5.74) is 1.20. The number of ether oxygens (including phenoxy) is 1. The van der Waals surface area contributed by atoms with Gasteiger partial charge in [-0.25, -0.2) is 0 Å². The van der Waals surface area contributed by atoms with Crippen LogP contribution in [0.5, 0.6) is 5.75 Å². The van der Waals surface area contributed by atoms with Gasteiger partial charge in [0.1, 0.15) is 5.75 Å². The Morgan fingerprint density at radius 2 is 2.15 bits per heavy atom. The van der Waals surface area contributed by atoms with E-state index in [-0.39, 0.29) is 12.2 Å². The van der Waals surface area contributed by atoms with Gasteiger partial charge in [0.25, 0.3) is 5.56 Å². The molecule has 0 bridgehead atoms. The monoisotopic (exact) mass is 377 g/mol. The Morgan fingerprint density at radius 3 is 2.81 bits per heavy atom. The quantitative estimate of drug-likeness (QED) is 0.613. The van der Waals surface area contributed by atoms with Crippen molar-refractivity contribution in [3.05, 3.63) is 40.2 Å². The van der Waals surface area contributed by atoms with E-state index in [0.29, 0.717) is 36.3 Å². The summed E-state index contributed by atoms with van der Waals surface area (Å²) in [7, 11) is 0. The van der Waals surface area contributed by atoms with Crippen molar-refractivity contribution in [2.24, 2.45) is 5.92 Å². The van der Waals surface area contributed by atoms with E-state index in [1.807, 2.05) is 31.2 Å². The van der Waals surface area contributed by atoms with Gasteiger partial charge in [-0.15, -0.1) is 0 Å². The topological polar surface area (TPSA) is 77.6 Å². The van der Waals surface area contributed by atoms with Crippen LogP contribution >= 0.6 is 12.2 Å². The van der Waals surface area contributed by atoms with Crippen LogP contribution in [0.25, 0.3) is 10.9 Å². The van der Waals surface area contributed by atoms with Crippen molar-refractivity contribution >= 4 is 28.2 Å². The molecule has 7 heteroatoms. The summed E-state index contributed by atoms with van der Waals surface area (Å²) in [6.45, 7) is 8.10. The van der Waals surface area contributed by atoms with Gasteiger partial charge in [0.15, 0.2) is 5.11 Å². The number of thiocarbonyl (C=S) groups is 1. The normalized spacial score (nSPS) is 11.0. The molecule has 142 valence electrons. The van der Waals surface area contributed by atoms with Gasteiger partial charge in [-0.3, -0.25) is 4.79 Å². The molecule has 0 aliphatic heterocycles. The Morgan fingerprint density at radius 1 is 1.38 bits per heavy atom. The fourth-order valence-electron chi connectivity index (χ4n) is 2.59. The summed E-state index contributed by atoms with van der Waals surface area (Å²) in [4.78, 5) is 17.1. The SMILES string of the molecule is CCOc1ccc2[nH]c(=O)c(CN(CCO)C(=S)NCC(C)C)cc2c1. The highest BCUT2D eigenvalue weighted by atomic mass is 32.1. The first-order chi connectivity index (χ1) is 12.4. The minimum absolute atomic E-state index is 0.0382. The van der Waals surface area contributed by atoms with Crippen molar-refractivity contribution in [3.8, 4) is 5.75 Å². The number of aromatic nitrogens is 1. The van der Waals surface area contributed by atoms with Crippen LogP contribution in [0, 0.1) is 5.92 Å². The van der Waals surface area contributed by atoms with E-state index in [0.717, 1.165) is 23.2 Å². The number of hydrogen-bond donors (Lipinski definition) is 3. The van der Waals surface area contributed by atoms with E-state index in [9.17, 15) is 9.90 Å². The first-order valence-electron chi connectivity index (χ1n) is 8.87. The number of aromatic amines is 1. The van der Waals surface area contributed by atoms with Crippen molar-refractivity contribution in [1.82, 2.24) is 15.2 Å². The third kappa shape index (κ3) is 5.44. The zero-order valence-electron chi connectivity index (χ0n) is 15.5. The van der Waals surface area contributed by atoms with Crippen LogP contribution in [0.4, 0.5) is 0 Å². The lowest BCUT2D eigenvalue weighted by molar-refractivity contribution is 0.245. The summed E-state index contributed by atoms with van der Waals surface area (Å²) in [5, 5.41) is 14.0. The molecule has 0 saturated heterocycles. The molecule has 3 N–H and O–H groups in total. The van der Waals surface area contributed by atoms with Gasteiger partial charge in [0.2, 0.25) is 0 Å². The Labute approximate surface area is 159 Å². The standard InChI is InChI=1S/C19H27N3O3S/c1-4-25-16-5-6-17-14(10-16)9-15(18(24)21-17)12-22(7-8-23)19(26)20-11-13(2)3/h5-6,9-10,13,23H,4,7-8,11-12H2,1-3H3,(H,20,26)(H,21,24). The van der Waals surface area contributed by atoms with Crippen LogP contribution in [-0.2, 0) is 6.54 Å². The Bertz CT molecular complexity index is 804. The second-order valence-corrected chi connectivity index (χ2v) is 6.92. The summed E-state index contributed by atoms with van der Waals surface area (Å²) in [6.07, 6.45) is 0. The van der Waals surface area contributed by atoms with E-state index in [1.54, 1.807) is 4.90 Å². The number of aliphatic hydroxyl groups excluding tert-OH is 1. The molecule has 26 heavy (non-hydrogen) atoms. The first-order valence-corrected chi connectivity index (χ1v) is 9.27. The van der Waals surface area contributed by atoms with Gasteiger partial charge in [0.05, 0.1) is 19.8 Å². The first kappa shape index (κ1) is 20.2. The third-order valence-electron chi connectivity index (χ3n) is 3.88. The van der Waals surface area contributed by atoms with Crippen LogP contribution in [0.2, 0.25) is 0 Å². The van der Waals surface area contributed by atoms with Gasteiger partial charge < -0.3 is 25.0 Å². The predicted molar refractivity (Wildman–Crippen MR) is 109 cm³/mol. The highest BCUT2D eigenvalue weighted by Gasteiger charge is 2.13. The van der Waals surface area contributed by atoms with E-state index in [1.165, 1.54) is 0 Å². The number of H-pyrrole nitrogens is 1. The zero-order valence-corrected chi connectivity index (χ0v) is 16.4. The molecule has 0 saturated carbocycles. The molecule has 0 amide bonds. The van der Waals surface area contributed by atoms with Crippen molar-refractivity contribution in [2.45, 2.75) is 27.3 Å². The summed E-state index contributed by atoms with van der Waals surface area (Å²) < 4.78 is 5.53. The number of benzene rings is 1. The molecule has 0 radical (unpaired) electrons. The minimum Gasteiger partial charge on any atom is -0.494 e. The molecular formula is C19H27N3O3S. The van der Waals surface area contributed by atoms with Gasteiger partial charge in [0, 0.05) is 29.6 Å². The van der Waals surface area contributed by atoms with Crippen molar-refractivity contribution in [3.63, 3.8) is 0 Å². The minimum atomic E-state index is -0.156. The maximum Gasteiger partial charge on any atom is 0.253 e. The van der Waals surface area contributed by atoms with E-state index >= 15 is 0 Å². The third-order valence-corrected chi connectivity index (χ3v) is 4.29. The molecule has 0 atom stereocenters. The lowest BCUT2D eigenvalue weighted by Crippen LogP contribution is -2.42. The maximum absolute atomic E-state index is 12.4. The molecule has 1 heterocycles. The highest BCUT2D eigenvalue weighted by molar-refractivity contribution is 7.80. The summed E-state index contributed by atoms with van der Waals surface area (Å²) in [5.74, 6) is 1.21. The number of fused-ring (bicyclic) bond motifs is 1. The second kappa shape index (κ2) is 9.54. The van der Waals surface area contributed by atoms with E-state index in [4.69, 9.17) is 17.0 Å². The van der Waals surface area contributed by atoms with Crippen LogP contribution < -0.4 is 15.6 Å². The average Bonchev–Trinajstić information content (AvgIpc) is 2.60. The van der Waals surface area contributed by atoms with Gasteiger partial charge in [-0.05, 0) is 49.3 Å². The van der Waals surface area contributed by atoms with Gasteiger partial charge in [-0.1, -0.05) is 13.8 Å². The van der Waals surface area contributed by atoms with E-state index < -0.39 is 0 Å². The largest absolute Gasteiger partial charge is 0.494 e. The second-order valence-electron chi connectivity index (χ2n) is 6.53. The molecule has 0 aliphatic rings. The summed E-state index contributed by atoms with van der Waals surface area (Å²) in [6, 6.07) is 7.44. The van der Waals surface area contributed by atoms with Crippen molar-refractivity contribution in [1.29, 1.82) is 0 Å². The molecule has 1 aromatic carbocycles. The number of nitrogens with one attached hydrogen (secondary N) is 2. The maximum atomic E-state index is 12.4. The van der Waals surface area contributed by atoms with Crippen molar-refractivity contribution in [2.75, 3.05) is 26.3 Å². The Kier molecular flexibility index (Phi) is 7.41. The lowest BCUT2D eigenvalue weighted by atomic mass is 10.1. The predicted octanol–water partition coefficient (Wildman–Crippen LogP) is 2.25. The molecule has 0 unspecified atom stereocenters. The van der Waals surface area contributed by atoms with Gasteiger partial charge >= 0.3 is 0 Å². The molecule has 0 fully saturated rings. The molecule has 2 aromatic rings. The van der Waals surface area contributed by atoms with Crippen molar-refractivity contribution < 1.29 is 9.84 Å². The average molecular weight is 378 g/mol. The molecule has 0 aliphatic carbocycles. The number of pyridine rings is 1. The number of aliphatic hydroxyl groups is 1. The number of rotatable bonds is 8. The van der Waals surface area contributed by atoms with Crippen LogP contribution in [0.1, 0.15) is 26.3 Å². The molecule has 2 rings (SSSR count). The molecular weight excluding hydrogens is 350 g/mol. The Balaban J connectivity index is 2.26.